The maximum atomic E-state index is 12.9. The number of ether oxygens (including phenoxy) is 1. The van der Waals surface area contributed by atoms with Crippen molar-refractivity contribution in [3.8, 4) is 0 Å². The number of rotatable bonds is 4. The van der Waals surface area contributed by atoms with Gasteiger partial charge in [0, 0.05) is 5.56 Å². The number of nitrogens with one attached hydrogen (secondary N) is 1. The molecule has 0 saturated carbocycles. The number of hydrogen-bond donors (Lipinski definition) is 1. The molecule has 1 amide bonds. The van der Waals surface area contributed by atoms with Gasteiger partial charge in [-0.25, -0.2) is 4.79 Å². The summed E-state index contributed by atoms with van der Waals surface area (Å²) >= 11 is 0. The zero-order chi connectivity index (χ0) is 15.3. The van der Waals surface area contributed by atoms with Crippen molar-refractivity contribution in [1.82, 2.24) is 5.32 Å². The van der Waals surface area contributed by atoms with E-state index in [2.05, 4.69) is 11.3 Å². The van der Waals surface area contributed by atoms with E-state index in [0.29, 0.717) is 0 Å². The second kappa shape index (κ2) is 6.23. The Morgan fingerprint density at radius 2 is 1.80 bits per heavy atom. The molecule has 7 heteroatoms. The van der Waals surface area contributed by atoms with Crippen LogP contribution in [0, 0.1) is 0 Å². The number of benzene rings is 1. The van der Waals surface area contributed by atoms with E-state index >= 15 is 0 Å². The molecule has 0 saturated heterocycles. The highest BCUT2D eigenvalue weighted by molar-refractivity contribution is 5.96. The van der Waals surface area contributed by atoms with Crippen molar-refractivity contribution in [2.75, 3.05) is 7.11 Å². The molecule has 108 valence electrons. The molecule has 0 heterocycles. The molecule has 1 atom stereocenters. The third-order valence-electron chi connectivity index (χ3n) is 2.43. The zero-order valence-corrected chi connectivity index (χ0v) is 10.5. The van der Waals surface area contributed by atoms with Crippen molar-refractivity contribution in [1.29, 1.82) is 0 Å². The fourth-order valence-electron chi connectivity index (χ4n) is 1.42. The van der Waals surface area contributed by atoms with Crippen LogP contribution in [0.5, 0.6) is 0 Å². The smallest absolute Gasteiger partial charge is 0.413 e. The van der Waals surface area contributed by atoms with Gasteiger partial charge in [0.2, 0.25) is 0 Å². The third kappa shape index (κ3) is 3.84. The maximum absolute atomic E-state index is 12.9. The monoisotopic (exact) mass is 287 g/mol. The summed E-state index contributed by atoms with van der Waals surface area (Å²) in [5, 5.41) is 1.72. The SMILES string of the molecule is C=C(C(=O)OC)C(NC(=O)c1ccccc1)C(F)(F)F. The van der Waals surface area contributed by atoms with Crippen LogP contribution in [0.3, 0.4) is 0 Å². The molecule has 0 fully saturated rings. The first-order valence-electron chi connectivity index (χ1n) is 5.47. The summed E-state index contributed by atoms with van der Waals surface area (Å²) in [4.78, 5) is 22.9. The van der Waals surface area contributed by atoms with Crippen LogP contribution in [-0.4, -0.2) is 31.2 Å². The summed E-state index contributed by atoms with van der Waals surface area (Å²) in [5.74, 6) is -2.20. The average Bonchev–Trinajstić information content (AvgIpc) is 2.42. The second-order valence-corrected chi connectivity index (χ2v) is 3.83. The molecule has 0 radical (unpaired) electrons. The predicted molar refractivity (Wildman–Crippen MR) is 64.9 cm³/mol. The van der Waals surface area contributed by atoms with Crippen LogP contribution in [0.1, 0.15) is 10.4 Å². The molecule has 0 aromatic heterocycles. The number of carbonyl (C=O) groups is 2. The first-order valence-corrected chi connectivity index (χ1v) is 5.47. The van der Waals surface area contributed by atoms with Gasteiger partial charge in [-0.15, -0.1) is 0 Å². The van der Waals surface area contributed by atoms with Crippen LogP contribution in [0.15, 0.2) is 42.5 Å². The normalized spacial score (nSPS) is 12.4. The van der Waals surface area contributed by atoms with Crippen LogP contribution < -0.4 is 5.32 Å². The summed E-state index contributed by atoms with van der Waals surface area (Å²) in [7, 11) is 0.931. The minimum absolute atomic E-state index is 0.0411. The standard InChI is InChI=1S/C13H12F3NO3/c1-8(12(19)20-2)10(13(14,15)16)17-11(18)9-6-4-3-5-7-9/h3-7,10H,1H2,2H3,(H,17,18). The van der Waals surface area contributed by atoms with E-state index in [1.54, 1.807) is 11.4 Å². The van der Waals surface area contributed by atoms with E-state index in [4.69, 9.17) is 0 Å². The third-order valence-corrected chi connectivity index (χ3v) is 2.43. The fourth-order valence-corrected chi connectivity index (χ4v) is 1.42. The average molecular weight is 287 g/mol. The molecule has 0 aliphatic carbocycles. The largest absolute Gasteiger partial charge is 0.466 e. The van der Waals surface area contributed by atoms with Gasteiger partial charge in [-0.2, -0.15) is 13.2 Å². The number of halogens is 3. The van der Waals surface area contributed by atoms with Gasteiger partial charge in [0.1, 0.15) is 0 Å². The molecule has 1 aromatic carbocycles. The Kier molecular flexibility index (Phi) is 4.90. The molecule has 4 nitrogen and oxygen atoms in total. The Morgan fingerprint density at radius 1 is 1.25 bits per heavy atom. The molecule has 0 aliphatic rings. The fraction of sp³-hybridized carbons (Fsp3) is 0.231. The van der Waals surface area contributed by atoms with Gasteiger partial charge in [0.15, 0.2) is 6.04 Å². The highest BCUT2D eigenvalue weighted by Gasteiger charge is 2.45. The molecule has 1 rings (SSSR count). The summed E-state index contributed by atoms with van der Waals surface area (Å²) in [6.07, 6.45) is -4.85. The van der Waals surface area contributed by atoms with Gasteiger partial charge in [-0.05, 0) is 12.1 Å². The maximum Gasteiger partial charge on any atom is 0.413 e. The van der Waals surface area contributed by atoms with Gasteiger partial charge in [0.25, 0.3) is 5.91 Å². The lowest BCUT2D eigenvalue weighted by Crippen LogP contribution is -2.48. The highest BCUT2D eigenvalue weighted by atomic mass is 19.4. The van der Waals surface area contributed by atoms with Crippen molar-refractivity contribution in [3.63, 3.8) is 0 Å². The Hall–Kier alpha value is -2.31. The van der Waals surface area contributed by atoms with Gasteiger partial charge in [-0.1, -0.05) is 24.8 Å². The highest BCUT2D eigenvalue weighted by Crippen LogP contribution is 2.25. The first-order chi connectivity index (χ1) is 9.27. The number of carbonyl (C=O) groups excluding carboxylic acids is 2. The molecule has 0 aliphatic heterocycles. The molecular formula is C13H12F3NO3. The van der Waals surface area contributed by atoms with Gasteiger partial charge >= 0.3 is 12.1 Å². The van der Waals surface area contributed by atoms with Gasteiger partial charge in [-0.3, -0.25) is 4.79 Å². The Labute approximate surface area is 113 Å². The number of esters is 1. The molecule has 20 heavy (non-hydrogen) atoms. The zero-order valence-electron chi connectivity index (χ0n) is 10.5. The van der Waals surface area contributed by atoms with Crippen LogP contribution >= 0.6 is 0 Å². The molecule has 1 unspecified atom stereocenters. The lowest BCUT2D eigenvalue weighted by Gasteiger charge is -2.22. The minimum Gasteiger partial charge on any atom is -0.466 e. The Balaban J connectivity index is 2.95. The minimum atomic E-state index is -4.85. The van der Waals surface area contributed by atoms with Crippen molar-refractivity contribution in [3.05, 3.63) is 48.0 Å². The van der Waals surface area contributed by atoms with Crippen LogP contribution in [-0.2, 0) is 9.53 Å². The molecule has 1 N–H and O–H groups in total. The molecule has 0 spiro atoms. The summed E-state index contributed by atoms with van der Waals surface area (Å²) in [6, 6.07) is 4.83. The number of methoxy groups -OCH3 is 1. The quantitative estimate of drug-likeness (QED) is 0.681. The van der Waals surface area contributed by atoms with E-state index < -0.39 is 29.7 Å². The topological polar surface area (TPSA) is 55.4 Å². The number of hydrogen-bond acceptors (Lipinski definition) is 3. The van der Waals surface area contributed by atoms with Gasteiger partial charge < -0.3 is 10.1 Å². The van der Waals surface area contributed by atoms with E-state index in [1.165, 1.54) is 24.3 Å². The Morgan fingerprint density at radius 3 is 2.25 bits per heavy atom. The van der Waals surface area contributed by atoms with E-state index in [1.807, 2.05) is 0 Å². The van der Waals surface area contributed by atoms with E-state index in [-0.39, 0.29) is 5.56 Å². The first kappa shape index (κ1) is 15.7. The van der Waals surface area contributed by atoms with Crippen molar-refractivity contribution in [2.45, 2.75) is 12.2 Å². The molecular weight excluding hydrogens is 275 g/mol. The lowest BCUT2D eigenvalue weighted by molar-refractivity contribution is -0.154. The van der Waals surface area contributed by atoms with Crippen molar-refractivity contribution < 1.29 is 27.5 Å². The number of amides is 1. The predicted octanol–water partition coefficient (Wildman–Crippen LogP) is 2.08. The summed E-state index contributed by atoms with van der Waals surface area (Å²) < 4.78 is 42.8. The van der Waals surface area contributed by atoms with Crippen LogP contribution in [0.25, 0.3) is 0 Å². The van der Waals surface area contributed by atoms with Crippen molar-refractivity contribution >= 4 is 11.9 Å². The van der Waals surface area contributed by atoms with Crippen LogP contribution in [0.4, 0.5) is 13.2 Å². The molecule has 1 aromatic rings. The lowest BCUT2D eigenvalue weighted by atomic mass is 10.1. The van der Waals surface area contributed by atoms with Crippen molar-refractivity contribution in [2.24, 2.45) is 0 Å². The summed E-state index contributed by atoms with van der Waals surface area (Å²) in [5.41, 5.74) is -0.844. The summed E-state index contributed by atoms with van der Waals surface area (Å²) in [6.45, 7) is 3.03. The van der Waals surface area contributed by atoms with E-state index in [9.17, 15) is 22.8 Å². The molecule has 0 bridgehead atoms. The number of alkyl halides is 3. The van der Waals surface area contributed by atoms with E-state index in [0.717, 1.165) is 7.11 Å². The van der Waals surface area contributed by atoms with Crippen LogP contribution in [0.2, 0.25) is 0 Å². The second-order valence-electron chi connectivity index (χ2n) is 3.83. The Bertz CT molecular complexity index is 511. The van der Waals surface area contributed by atoms with Gasteiger partial charge in [0.05, 0.1) is 12.7 Å².